The molecule has 74 valence electrons. The third-order valence-electron chi connectivity index (χ3n) is 2.16. The van der Waals surface area contributed by atoms with E-state index in [1.54, 1.807) is 0 Å². The zero-order valence-corrected chi connectivity index (χ0v) is 8.28. The van der Waals surface area contributed by atoms with Crippen molar-refractivity contribution in [1.29, 1.82) is 0 Å². The van der Waals surface area contributed by atoms with Crippen molar-refractivity contribution in [2.24, 2.45) is 11.8 Å². The standard InChI is InChI=1S/C8H16O3.B2H2/c1-6-2-8(10)7(3-9)5-11-4-6;1-2/h6-10H,2-5H2,1H3;1-2H/t6-,7-,8+;/m0./s1. The lowest BCUT2D eigenvalue weighted by Gasteiger charge is -2.16. The maximum atomic E-state index is 9.48. The minimum Gasteiger partial charge on any atom is -0.396 e. The van der Waals surface area contributed by atoms with Crippen LogP contribution in [0, 0.1) is 11.8 Å². The normalized spacial score (nSPS) is 34.2. The van der Waals surface area contributed by atoms with Crippen LogP contribution in [0.3, 0.4) is 0 Å². The van der Waals surface area contributed by atoms with Crippen LogP contribution in [0.25, 0.3) is 0 Å². The van der Waals surface area contributed by atoms with Crippen molar-refractivity contribution in [3.8, 4) is 0 Å². The SMILES string of the molecule is C[C@@H]1COC[C@H](CO)[C@H](O)C1.[BH][BH]. The summed E-state index contributed by atoms with van der Waals surface area (Å²) < 4.78 is 5.26. The zero-order chi connectivity index (χ0) is 10.3. The first-order valence-corrected chi connectivity index (χ1v) is 4.60. The third-order valence-corrected chi connectivity index (χ3v) is 2.16. The minimum atomic E-state index is -0.391. The van der Waals surface area contributed by atoms with Crippen molar-refractivity contribution in [3.63, 3.8) is 0 Å². The predicted molar refractivity (Wildman–Crippen MR) is 55.5 cm³/mol. The minimum absolute atomic E-state index is 0.0217. The molecule has 1 aliphatic heterocycles. The van der Waals surface area contributed by atoms with Gasteiger partial charge in [-0.1, -0.05) is 6.92 Å². The van der Waals surface area contributed by atoms with Crippen LogP contribution in [0.15, 0.2) is 0 Å². The molecule has 0 unspecified atom stereocenters. The Morgan fingerprint density at radius 1 is 1.38 bits per heavy atom. The average molecular weight is 184 g/mol. The highest BCUT2D eigenvalue weighted by atomic mass is 16.5. The highest BCUT2D eigenvalue weighted by Crippen LogP contribution is 2.18. The van der Waals surface area contributed by atoms with Crippen molar-refractivity contribution in [1.82, 2.24) is 0 Å². The molecular weight excluding hydrogens is 166 g/mol. The van der Waals surface area contributed by atoms with Crippen LogP contribution in [0.5, 0.6) is 0 Å². The van der Waals surface area contributed by atoms with E-state index in [-0.39, 0.29) is 12.5 Å². The van der Waals surface area contributed by atoms with Crippen LogP contribution in [0.4, 0.5) is 0 Å². The molecule has 0 bridgehead atoms. The summed E-state index contributed by atoms with van der Waals surface area (Å²) in [6.45, 7) is 3.26. The Morgan fingerprint density at radius 3 is 2.54 bits per heavy atom. The van der Waals surface area contributed by atoms with Crippen molar-refractivity contribution in [2.75, 3.05) is 19.8 Å². The monoisotopic (exact) mass is 184 g/mol. The Morgan fingerprint density at radius 2 is 2.00 bits per heavy atom. The molecule has 1 aliphatic rings. The second kappa shape index (κ2) is 7.42. The number of hydrogen-bond donors (Lipinski definition) is 2. The Hall–Kier alpha value is 0.00987. The number of aliphatic hydroxyl groups excluding tert-OH is 2. The Balaban J connectivity index is 0.000000671. The smallest absolute Gasteiger partial charge is 0.0615 e. The maximum absolute atomic E-state index is 9.48. The fourth-order valence-corrected chi connectivity index (χ4v) is 1.38. The first-order valence-electron chi connectivity index (χ1n) is 4.60. The van der Waals surface area contributed by atoms with Gasteiger partial charge in [-0.2, -0.15) is 0 Å². The van der Waals surface area contributed by atoms with E-state index in [0.29, 0.717) is 19.1 Å². The second-order valence-electron chi connectivity index (χ2n) is 3.39. The van der Waals surface area contributed by atoms with Crippen LogP contribution < -0.4 is 0 Å². The van der Waals surface area contributed by atoms with Gasteiger partial charge >= 0.3 is 0 Å². The molecular formula is C8H18B2O3. The van der Waals surface area contributed by atoms with E-state index in [2.05, 4.69) is 15.5 Å². The van der Waals surface area contributed by atoms with Crippen molar-refractivity contribution in [3.05, 3.63) is 0 Å². The number of aliphatic hydroxyl groups is 2. The second-order valence-corrected chi connectivity index (χ2v) is 3.39. The van der Waals surface area contributed by atoms with E-state index < -0.39 is 6.10 Å². The fourth-order valence-electron chi connectivity index (χ4n) is 1.38. The van der Waals surface area contributed by atoms with E-state index in [1.807, 2.05) is 6.92 Å². The lowest BCUT2D eigenvalue weighted by Crippen LogP contribution is -2.26. The van der Waals surface area contributed by atoms with Crippen LogP contribution in [0.1, 0.15) is 13.3 Å². The van der Waals surface area contributed by atoms with E-state index in [0.717, 1.165) is 6.42 Å². The lowest BCUT2D eigenvalue weighted by molar-refractivity contribution is 0.0262. The molecule has 0 aliphatic carbocycles. The van der Waals surface area contributed by atoms with E-state index >= 15 is 0 Å². The van der Waals surface area contributed by atoms with Gasteiger partial charge in [0.2, 0.25) is 0 Å². The van der Waals surface area contributed by atoms with Crippen molar-refractivity contribution in [2.45, 2.75) is 19.4 Å². The number of hydrogen-bond acceptors (Lipinski definition) is 3. The van der Waals surface area contributed by atoms with E-state index in [1.165, 1.54) is 0 Å². The maximum Gasteiger partial charge on any atom is 0.0615 e. The highest BCUT2D eigenvalue weighted by Gasteiger charge is 2.24. The first-order chi connectivity index (χ1) is 6.24. The van der Waals surface area contributed by atoms with Gasteiger partial charge in [-0.25, -0.2) is 0 Å². The molecule has 0 aromatic rings. The first kappa shape index (κ1) is 13.0. The van der Waals surface area contributed by atoms with Gasteiger partial charge in [0.15, 0.2) is 0 Å². The van der Waals surface area contributed by atoms with E-state index in [9.17, 15) is 5.11 Å². The van der Waals surface area contributed by atoms with Crippen LogP contribution in [-0.2, 0) is 4.74 Å². The quantitative estimate of drug-likeness (QED) is 0.498. The molecule has 0 aromatic heterocycles. The summed E-state index contributed by atoms with van der Waals surface area (Å²) in [5.74, 6) is 0.321. The topological polar surface area (TPSA) is 49.7 Å². The molecule has 1 saturated heterocycles. The number of rotatable bonds is 1. The molecule has 13 heavy (non-hydrogen) atoms. The van der Waals surface area contributed by atoms with Gasteiger partial charge in [-0.15, -0.1) is 0 Å². The third kappa shape index (κ3) is 4.69. The molecule has 2 radical (unpaired) electrons. The molecule has 3 nitrogen and oxygen atoms in total. The molecule has 1 rings (SSSR count). The molecule has 0 amide bonds. The molecule has 0 aromatic carbocycles. The summed E-state index contributed by atoms with van der Waals surface area (Å²) in [6.07, 6.45) is 0.350. The van der Waals surface area contributed by atoms with Gasteiger partial charge in [0.05, 0.1) is 19.3 Å². The average Bonchev–Trinajstić information content (AvgIpc) is 2.30. The van der Waals surface area contributed by atoms with Gasteiger partial charge in [0.25, 0.3) is 0 Å². The Bertz CT molecular complexity index is 124. The summed E-state index contributed by atoms with van der Waals surface area (Å²) in [7, 11) is 6.00. The van der Waals surface area contributed by atoms with Gasteiger partial charge in [0.1, 0.15) is 0 Å². The Kier molecular flexibility index (Phi) is 7.42. The molecule has 1 heterocycles. The summed E-state index contributed by atoms with van der Waals surface area (Å²) in [5, 5.41) is 18.3. The Labute approximate surface area is 82.3 Å². The molecule has 3 atom stereocenters. The highest BCUT2D eigenvalue weighted by molar-refractivity contribution is 6.75. The summed E-state index contributed by atoms with van der Waals surface area (Å²) in [5.41, 5.74) is 0. The molecule has 0 saturated carbocycles. The molecule has 5 heteroatoms. The fraction of sp³-hybridized carbons (Fsp3) is 1.00. The largest absolute Gasteiger partial charge is 0.396 e. The van der Waals surface area contributed by atoms with Crippen LogP contribution in [0.2, 0.25) is 0 Å². The van der Waals surface area contributed by atoms with Gasteiger partial charge in [0, 0.05) is 28.0 Å². The predicted octanol–water partition coefficient (Wildman–Crippen LogP) is -1.28. The van der Waals surface area contributed by atoms with Gasteiger partial charge in [-0.3, -0.25) is 0 Å². The number of ether oxygens (including phenoxy) is 1. The lowest BCUT2D eigenvalue weighted by atomic mass is 9.81. The zero-order valence-electron chi connectivity index (χ0n) is 8.28. The van der Waals surface area contributed by atoms with Crippen LogP contribution >= 0.6 is 0 Å². The summed E-state index contributed by atoms with van der Waals surface area (Å²) in [6, 6.07) is 0. The van der Waals surface area contributed by atoms with Crippen LogP contribution in [-0.4, -0.2) is 51.6 Å². The molecule has 2 N–H and O–H groups in total. The molecule has 0 spiro atoms. The molecule has 1 fully saturated rings. The summed E-state index contributed by atoms with van der Waals surface area (Å²) >= 11 is 0. The van der Waals surface area contributed by atoms with E-state index in [4.69, 9.17) is 9.84 Å². The summed E-state index contributed by atoms with van der Waals surface area (Å²) in [4.78, 5) is 0. The van der Waals surface area contributed by atoms with Gasteiger partial charge < -0.3 is 14.9 Å². The van der Waals surface area contributed by atoms with Crippen molar-refractivity contribution < 1.29 is 14.9 Å². The van der Waals surface area contributed by atoms with Crippen molar-refractivity contribution >= 4 is 15.5 Å². The van der Waals surface area contributed by atoms with Gasteiger partial charge in [-0.05, 0) is 12.3 Å².